The molecule has 1 amide bonds. The summed E-state index contributed by atoms with van der Waals surface area (Å²) in [6, 6.07) is 7.16. The molecule has 0 N–H and O–H groups in total. The van der Waals surface area contributed by atoms with Gasteiger partial charge in [0.15, 0.2) is 15.0 Å². The highest BCUT2D eigenvalue weighted by Crippen LogP contribution is 2.37. The number of amides is 1. The van der Waals surface area contributed by atoms with Gasteiger partial charge in [-0.05, 0) is 38.3 Å². The lowest BCUT2D eigenvalue weighted by atomic mass is 10.2. The van der Waals surface area contributed by atoms with E-state index in [1.54, 1.807) is 15.5 Å². The summed E-state index contributed by atoms with van der Waals surface area (Å²) in [5.41, 5.74) is 0.575. The monoisotopic (exact) mass is 421 g/mol. The molecule has 0 radical (unpaired) electrons. The van der Waals surface area contributed by atoms with Crippen molar-refractivity contribution in [1.29, 1.82) is 0 Å². The highest BCUT2D eigenvalue weighted by Gasteiger charge is 2.34. The van der Waals surface area contributed by atoms with E-state index in [0.717, 1.165) is 12.8 Å². The van der Waals surface area contributed by atoms with Crippen molar-refractivity contribution < 1.29 is 13.2 Å². The molecule has 1 aromatic carbocycles. The third-order valence-corrected chi connectivity index (χ3v) is 8.01. The first kappa shape index (κ1) is 19.4. The standard InChI is InChI=1S/C19H23N3O4S2/c1-2-21(14-9-10-28(25,26)12-14)17(23)11-27-19-20-16-6-4-3-5-15(16)18(24)22(19)13-7-8-13/h3-6,13-14H,2,7-12H2,1H3/t14-/m0/s1. The molecule has 0 bridgehead atoms. The summed E-state index contributed by atoms with van der Waals surface area (Å²) in [4.78, 5) is 32.0. The molecule has 1 aliphatic heterocycles. The second-order valence-electron chi connectivity index (χ2n) is 7.34. The highest BCUT2D eigenvalue weighted by molar-refractivity contribution is 7.99. The number of rotatable bonds is 6. The minimum absolute atomic E-state index is 0.0399. The molecular formula is C19H23N3O4S2. The third-order valence-electron chi connectivity index (χ3n) is 5.32. The van der Waals surface area contributed by atoms with Gasteiger partial charge >= 0.3 is 0 Å². The predicted octanol–water partition coefficient (Wildman–Crippen LogP) is 1.86. The van der Waals surface area contributed by atoms with Gasteiger partial charge in [-0.1, -0.05) is 23.9 Å². The zero-order chi connectivity index (χ0) is 19.9. The number of hydrogen-bond donors (Lipinski definition) is 0. The van der Waals surface area contributed by atoms with Crippen LogP contribution in [0.3, 0.4) is 0 Å². The van der Waals surface area contributed by atoms with Crippen LogP contribution in [0.1, 0.15) is 32.2 Å². The quantitative estimate of drug-likeness (QED) is 0.522. The van der Waals surface area contributed by atoms with Crippen LogP contribution < -0.4 is 5.56 Å². The first-order chi connectivity index (χ1) is 13.4. The molecule has 2 aliphatic rings. The second-order valence-corrected chi connectivity index (χ2v) is 10.5. The van der Waals surface area contributed by atoms with Crippen molar-refractivity contribution in [2.75, 3.05) is 23.8 Å². The Morgan fingerprint density at radius 2 is 2.04 bits per heavy atom. The molecule has 4 rings (SSSR count). The summed E-state index contributed by atoms with van der Waals surface area (Å²) >= 11 is 1.27. The Bertz CT molecular complexity index is 1080. The number of hydrogen-bond acceptors (Lipinski definition) is 6. The number of thioether (sulfide) groups is 1. The van der Waals surface area contributed by atoms with Gasteiger partial charge in [0.1, 0.15) is 0 Å². The Balaban J connectivity index is 1.56. The Kier molecular flexibility index (Phi) is 5.22. The molecular weight excluding hydrogens is 398 g/mol. The van der Waals surface area contributed by atoms with Crippen molar-refractivity contribution >= 4 is 38.4 Å². The predicted molar refractivity (Wildman–Crippen MR) is 109 cm³/mol. The van der Waals surface area contributed by atoms with Crippen LogP contribution in [0.5, 0.6) is 0 Å². The number of nitrogens with zero attached hydrogens (tertiary/aromatic N) is 3. The van der Waals surface area contributed by atoms with Crippen LogP contribution in [0.25, 0.3) is 10.9 Å². The Morgan fingerprint density at radius 1 is 1.29 bits per heavy atom. The minimum Gasteiger partial charge on any atom is -0.338 e. The Hall–Kier alpha value is -1.87. The van der Waals surface area contributed by atoms with Crippen molar-refractivity contribution in [2.24, 2.45) is 0 Å². The molecule has 2 heterocycles. The van der Waals surface area contributed by atoms with Crippen LogP contribution in [0.15, 0.2) is 34.2 Å². The van der Waals surface area contributed by atoms with E-state index >= 15 is 0 Å². The molecule has 0 unspecified atom stereocenters. The summed E-state index contributed by atoms with van der Waals surface area (Å²) in [6.07, 6.45) is 2.39. The molecule has 7 nitrogen and oxygen atoms in total. The Labute approximate surface area is 168 Å². The average Bonchev–Trinajstić information content (AvgIpc) is 3.43. The molecule has 1 saturated carbocycles. The molecule has 1 aromatic heterocycles. The van der Waals surface area contributed by atoms with Gasteiger partial charge in [-0.3, -0.25) is 14.2 Å². The number of sulfone groups is 1. The van der Waals surface area contributed by atoms with E-state index in [-0.39, 0.29) is 40.8 Å². The fourth-order valence-electron chi connectivity index (χ4n) is 3.75. The van der Waals surface area contributed by atoms with E-state index in [9.17, 15) is 18.0 Å². The zero-order valence-corrected chi connectivity index (χ0v) is 17.3. The first-order valence-electron chi connectivity index (χ1n) is 9.53. The van der Waals surface area contributed by atoms with Crippen LogP contribution in [0.4, 0.5) is 0 Å². The lowest BCUT2D eigenvalue weighted by molar-refractivity contribution is -0.129. The molecule has 28 heavy (non-hydrogen) atoms. The maximum absolute atomic E-state index is 12.9. The summed E-state index contributed by atoms with van der Waals surface area (Å²) in [6.45, 7) is 2.34. The van der Waals surface area contributed by atoms with Gasteiger partial charge in [-0.15, -0.1) is 0 Å². The van der Waals surface area contributed by atoms with Crippen molar-refractivity contribution in [3.63, 3.8) is 0 Å². The van der Waals surface area contributed by atoms with Gasteiger partial charge in [0.05, 0.1) is 28.2 Å². The molecule has 1 aliphatic carbocycles. The van der Waals surface area contributed by atoms with Crippen LogP contribution in [-0.2, 0) is 14.6 Å². The molecule has 150 valence electrons. The largest absolute Gasteiger partial charge is 0.338 e. The molecule has 1 atom stereocenters. The van der Waals surface area contributed by atoms with Crippen molar-refractivity contribution in [2.45, 2.75) is 43.4 Å². The van der Waals surface area contributed by atoms with Gasteiger partial charge < -0.3 is 4.90 Å². The van der Waals surface area contributed by atoms with Gasteiger partial charge in [-0.25, -0.2) is 13.4 Å². The van der Waals surface area contributed by atoms with E-state index in [1.165, 1.54) is 11.8 Å². The second kappa shape index (κ2) is 7.51. The van der Waals surface area contributed by atoms with Crippen LogP contribution >= 0.6 is 11.8 Å². The summed E-state index contributed by atoms with van der Waals surface area (Å²) in [7, 11) is -3.05. The SMILES string of the molecule is CCN(C(=O)CSc1nc2ccccc2c(=O)n1C1CC1)[C@H]1CCS(=O)(=O)C1. The summed E-state index contributed by atoms with van der Waals surface area (Å²) in [5, 5.41) is 1.16. The van der Waals surface area contributed by atoms with E-state index in [4.69, 9.17) is 0 Å². The number of aromatic nitrogens is 2. The van der Waals surface area contributed by atoms with Crippen molar-refractivity contribution in [1.82, 2.24) is 14.5 Å². The first-order valence-corrected chi connectivity index (χ1v) is 12.3. The molecule has 2 fully saturated rings. The summed E-state index contributed by atoms with van der Waals surface area (Å²) < 4.78 is 25.2. The lowest BCUT2D eigenvalue weighted by Crippen LogP contribution is -2.42. The normalized spacial score (nSPS) is 21.1. The number of benzene rings is 1. The van der Waals surface area contributed by atoms with E-state index in [2.05, 4.69) is 4.98 Å². The molecule has 9 heteroatoms. The Morgan fingerprint density at radius 3 is 2.68 bits per heavy atom. The van der Waals surface area contributed by atoms with Crippen LogP contribution in [0, 0.1) is 0 Å². The number of fused-ring (bicyclic) bond motifs is 1. The van der Waals surface area contributed by atoms with E-state index in [0.29, 0.717) is 29.0 Å². The number of carbonyl (C=O) groups excluding carboxylic acids is 1. The van der Waals surface area contributed by atoms with Gasteiger partial charge in [0, 0.05) is 18.6 Å². The van der Waals surface area contributed by atoms with Crippen LogP contribution in [-0.4, -0.2) is 58.6 Å². The fourth-order valence-corrected chi connectivity index (χ4v) is 6.43. The van der Waals surface area contributed by atoms with Gasteiger partial charge in [0.2, 0.25) is 5.91 Å². The van der Waals surface area contributed by atoms with Crippen LogP contribution in [0.2, 0.25) is 0 Å². The van der Waals surface area contributed by atoms with E-state index in [1.807, 2.05) is 25.1 Å². The fraction of sp³-hybridized carbons (Fsp3) is 0.526. The maximum Gasteiger partial charge on any atom is 0.262 e. The average molecular weight is 422 g/mol. The molecule has 2 aromatic rings. The topological polar surface area (TPSA) is 89.3 Å². The maximum atomic E-state index is 12.9. The smallest absolute Gasteiger partial charge is 0.262 e. The van der Waals surface area contributed by atoms with Crippen molar-refractivity contribution in [3.8, 4) is 0 Å². The molecule has 1 saturated heterocycles. The lowest BCUT2D eigenvalue weighted by Gasteiger charge is -2.26. The zero-order valence-electron chi connectivity index (χ0n) is 15.7. The molecule has 0 spiro atoms. The third kappa shape index (κ3) is 3.82. The summed E-state index contributed by atoms with van der Waals surface area (Å²) in [5.74, 6) is 0.210. The van der Waals surface area contributed by atoms with Gasteiger partial charge in [-0.2, -0.15) is 0 Å². The number of para-hydroxylation sites is 1. The van der Waals surface area contributed by atoms with Gasteiger partial charge in [0.25, 0.3) is 5.56 Å². The van der Waals surface area contributed by atoms with E-state index < -0.39 is 9.84 Å². The van der Waals surface area contributed by atoms with Crippen molar-refractivity contribution in [3.05, 3.63) is 34.6 Å². The number of carbonyl (C=O) groups is 1. The minimum atomic E-state index is -3.05. The highest BCUT2D eigenvalue weighted by atomic mass is 32.2.